The van der Waals surface area contributed by atoms with Gasteiger partial charge in [0.25, 0.3) is 0 Å². The summed E-state index contributed by atoms with van der Waals surface area (Å²) in [7, 11) is 0. The van der Waals surface area contributed by atoms with Crippen molar-refractivity contribution in [3.63, 3.8) is 0 Å². The lowest BCUT2D eigenvalue weighted by molar-refractivity contribution is 0.450. The minimum absolute atomic E-state index is 0.0497. The van der Waals surface area contributed by atoms with E-state index in [-0.39, 0.29) is 5.88 Å². The van der Waals surface area contributed by atoms with Gasteiger partial charge in [-0.3, -0.25) is 0 Å². The molecule has 0 amide bonds. The molecule has 1 heterocycles. The highest BCUT2D eigenvalue weighted by atomic mass is 35.5. The van der Waals surface area contributed by atoms with Gasteiger partial charge in [-0.1, -0.05) is 29.3 Å². The Hall–Kier alpha value is -1.58. The Labute approximate surface area is 115 Å². The molecule has 0 aliphatic rings. The lowest BCUT2D eigenvalue weighted by Gasteiger charge is -1.99. The van der Waals surface area contributed by atoms with Crippen LogP contribution in [0.3, 0.4) is 0 Å². The minimum atomic E-state index is -0.0497. The van der Waals surface area contributed by atoms with Crippen LogP contribution in [0.1, 0.15) is 17.1 Å². The molecule has 0 saturated carbocycles. The van der Waals surface area contributed by atoms with Gasteiger partial charge in [0, 0.05) is 21.8 Å². The van der Waals surface area contributed by atoms with Gasteiger partial charge in [0.05, 0.1) is 0 Å². The molecule has 0 radical (unpaired) electrons. The van der Waals surface area contributed by atoms with E-state index in [2.05, 4.69) is 9.97 Å². The van der Waals surface area contributed by atoms with Crippen LogP contribution in [0.15, 0.2) is 24.3 Å². The molecular weight excluding hydrogens is 271 g/mol. The largest absolute Gasteiger partial charge is 0.493 e. The van der Waals surface area contributed by atoms with Crippen LogP contribution in [0.2, 0.25) is 10.0 Å². The third-order valence-corrected chi connectivity index (χ3v) is 2.60. The van der Waals surface area contributed by atoms with Crippen LogP contribution in [0, 0.1) is 6.92 Å². The third-order valence-electron chi connectivity index (χ3n) is 2.17. The number of rotatable bonds is 2. The molecule has 0 atom stereocenters. The van der Waals surface area contributed by atoms with E-state index in [0.717, 1.165) is 5.56 Å². The smallest absolute Gasteiger partial charge is 0.214 e. The number of aromatic hydroxyl groups is 1. The zero-order valence-corrected chi connectivity index (χ0v) is 11.1. The van der Waals surface area contributed by atoms with Crippen molar-refractivity contribution in [3.05, 3.63) is 51.4 Å². The molecule has 0 bridgehead atoms. The molecule has 0 saturated heterocycles. The van der Waals surface area contributed by atoms with Gasteiger partial charge in [-0.25, -0.2) is 4.98 Å². The SMILES string of the molecule is Cc1cc(O)nc(/C=C/c2cc(Cl)cc(Cl)c2)n1. The fourth-order valence-corrected chi connectivity index (χ4v) is 2.03. The van der Waals surface area contributed by atoms with Crippen molar-refractivity contribution < 1.29 is 5.11 Å². The van der Waals surface area contributed by atoms with Gasteiger partial charge in [-0.15, -0.1) is 0 Å². The molecule has 5 heteroatoms. The molecule has 3 nitrogen and oxygen atoms in total. The zero-order chi connectivity index (χ0) is 13.1. The van der Waals surface area contributed by atoms with E-state index >= 15 is 0 Å². The van der Waals surface area contributed by atoms with Crippen LogP contribution in [0.25, 0.3) is 12.2 Å². The van der Waals surface area contributed by atoms with Gasteiger partial charge in [0.2, 0.25) is 5.88 Å². The Morgan fingerprint density at radius 3 is 2.28 bits per heavy atom. The molecule has 0 unspecified atom stereocenters. The van der Waals surface area contributed by atoms with Crippen LogP contribution in [-0.4, -0.2) is 15.1 Å². The fourth-order valence-electron chi connectivity index (χ4n) is 1.49. The van der Waals surface area contributed by atoms with Crippen LogP contribution in [0.4, 0.5) is 0 Å². The summed E-state index contributed by atoms with van der Waals surface area (Å²) in [6, 6.07) is 6.71. The van der Waals surface area contributed by atoms with Gasteiger partial charge >= 0.3 is 0 Å². The maximum absolute atomic E-state index is 9.35. The maximum Gasteiger partial charge on any atom is 0.214 e. The van der Waals surface area contributed by atoms with Gasteiger partial charge in [0.1, 0.15) is 0 Å². The van der Waals surface area contributed by atoms with E-state index in [4.69, 9.17) is 23.2 Å². The number of halogens is 2. The predicted octanol–water partition coefficient (Wildman–Crippen LogP) is 3.97. The Bertz CT molecular complexity index is 518. The van der Waals surface area contributed by atoms with E-state index in [1.807, 2.05) is 0 Å². The Morgan fingerprint density at radius 1 is 1.00 bits per heavy atom. The Balaban J connectivity index is 2.29. The summed E-state index contributed by atoms with van der Waals surface area (Å²) in [6.07, 6.45) is 3.47. The Kier molecular flexibility index (Phi) is 3.84. The average molecular weight is 281 g/mol. The topological polar surface area (TPSA) is 46.0 Å². The van der Waals surface area contributed by atoms with Crippen LogP contribution in [0.5, 0.6) is 5.88 Å². The highest BCUT2D eigenvalue weighted by Gasteiger charge is 1.98. The van der Waals surface area contributed by atoms with Crippen molar-refractivity contribution in [3.8, 4) is 5.88 Å². The van der Waals surface area contributed by atoms with Crippen molar-refractivity contribution in [2.45, 2.75) is 6.92 Å². The van der Waals surface area contributed by atoms with Gasteiger partial charge in [-0.05, 0) is 36.8 Å². The van der Waals surface area contributed by atoms with E-state index in [1.54, 1.807) is 37.3 Å². The van der Waals surface area contributed by atoms with Crippen molar-refractivity contribution in [1.29, 1.82) is 0 Å². The molecule has 92 valence electrons. The van der Waals surface area contributed by atoms with Crippen molar-refractivity contribution in [1.82, 2.24) is 9.97 Å². The van der Waals surface area contributed by atoms with E-state index in [0.29, 0.717) is 21.6 Å². The standard InChI is InChI=1S/C13H10Cl2N2O/c1-8-4-13(18)17-12(16-8)3-2-9-5-10(14)7-11(15)6-9/h2-7H,1H3,(H,16,17,18)/b3-2+. The van der Waals surface area contributed by atoms with Crippen molar-refractivity contribution >= 4 is 35.4 Å². The molecule has 0 aliphatic heterocycles. The molecular formula is C13H10Cl2N2O. The fraction of sp³-hybridized carbons (Fsp3) is 0.0769. The van der Waals surface area contributed by atoms with Crippen molar-refractivity contribution in [2.75, 3.05) is 0 Å². The minimum Gasteiger partial charge on any atom is -0.493 e. The van der Waals surface area contributed by atoms with E-state index in [9.17, 15) is 5.11 Å². The first-order valence-electron chi connectivity index (χ1n) is 5.22. The second kappa shape index (κ2) is 5.38. The summed E-state index contributed by atoms with van der Waals surface area (Å²) in [6.45, 7) is 1.79. The van der Waals surface area contributed by atoms with Crippen LogP contribution < -0.4 is 0 Å². The molecule has 2 rings (SSSR count). The molecule has 1 aromatic heterocycles. The highest BCUT2D eigenvalue weighted by molar-refractivity contribution is 6.34. The zero-order valence-electron chi connectivity index (χ0n) is 9.56. The monoisotopic (exact) mass is 280 g/mol. The van der Waals surface area contributed by atoms with E-state index in [1.165, 1.54) is 6.07 Å². The number of benzene rings is 1. The number of hydrogen-bond acceptors (Lipinski definition) is 3. The van der Waals surface area contributed by atoms with Gasteiger partial charge in [-0.2, -0.15) is 4.98 Å². The molecule has 0 aliphatic carbocycles. The Morgan fingerprint density at radius 2 is 1.67 bits per heavy atom. The molecule has 0 spiro atoms. The average Bonchev–Trinajstić information content (AvgIpc) is 2.23. The summed E-state index contributed by atoms with van der Waals surface area (Å²) in [5, 5.41) is 10.5. The van der Waals surface area contributed by atoms with E-state index < -0.39 is 0 Å². The summed E-state index contributed by atoms with van der Waals surface area (Å²) in [5.74, 6) is 0.384. The summed E-state index contributed by atoms with van der Waals surface area (Å²) in [5.41, 5.74) is 1.54. The quantitative estimate of drug-likeness (QED) is 0.906. The first-order valence-corrected chi connectivity index (χ1v) is 5.97. The lowest BCUT2D eigenvalue weighted by atomic mass is 10.2. The normalized spacial score (nSPS) is 11.1. The molecule has 1 aromatic carbocycles. The number of nitrogens with zero attached hydrogens (tertiary/aromatic N) is 2. The number of aromatic nitrogens is 2. The lowest BCUT2D eigenvalue weighted by Crippen LogP contribution is -1.89. The second-order valence-electron chi connectivity index (χ2n) is 3.76. The first kappa shape index (κ1) is 12.9. The number of hydrogen-bond donors (Lipinski definition) is 1. The van der Waals surface area contributed by atoms with Crippen molar-refractivity contribution in [2.24, 2.45) is 0 Å². The molecule has 0 fully saturated rings. The summed E-state index contributed by atoms with van der Waals surface area (Å²) >= 11 is 11.8. The molecule has 18 heavy (non-hydrogen) atoms. The molecule has 1 N–H and O–H groups in total. The third kappa shape index (κ3) is 3.45. The highest BCUT2D eigenvalue weighted by Crippen LogP contribution is 2.20. The van der Waals surface area contributed by atoms with Crippen LogP contribution >= 0.6 is 23.2 Å². The van der Waals surface area contributed by atoms with Gasteiger partial charge < -0.3 is 5.11 Å². The predicted molar refractivity (Wildman–Crippen MR) is 73.8 cm³/mol. The second-order valence-corrected chi connectivity index (χ2v) is 4.63. The van der Waals surface area contributed by atoms with Gasteiger partial charge in [0.15, 0.2) is 5.82 Å². The summed E-state index contributed by atoms with van der Waals surface area (Å²) in [4.78, 5) is 8.06. The first-order chi connectivity index (χ1) is 8.52. The van der Waals surface area contributed by atoms with Crippen LogP contribution in [-0.2, 0) is 0 Å². The maximum atomic E-state index is 9.35. The molecule has 2 aromatic rings. The summed E-state index contributed by atoms with van der Waals surface area (Å²) < 4.78 is 0. The number of aryl methyl sites for hydroxylation is 1.